The first-order valence-corrected chi connectivity index (χ1v) is 8.12. The maximum atomic E-state index is 6.02. The lowest BCUT2D eigenvalue weighted by Gasteiger charge is -2.36. The monoisotopic (exact) mass is 266 g/mol. The summed E-state index contributed by atoms with van der Waals surface area (Å²) in [6.45, 7) is 7.73. The van der Waals surface area contributed by atoms with E-state index in [0.29, 0.717) is 6.04 Å². The van der Waals surface area contributed by atoms with Gasteiger partial charge >= 0.3 is 0 Å². The van der Waals surface area contributed by atoms with Gasteiger partial charge in [-0.15, -0.1) is 11.3 Å². The van der Waals surface area contributed by atoms with Gasteiger partial charge in [0.05, 0.1) is 6.04 Å². The van der Waals surface area contributed by atoms with Gasteiger partial charge in [0.2, 0.25) is 0 Å². The molecule has 2 N–H and O–H groups in total. The summed E-state index contributed by atoms with van der Waals surface area (Å²) in [5.41, 5.74) is 6.02. The van der Waals surface area contributed by atoms with Crippen LogP contribution in [0.25, 0.3) is 0 Å². The molecule has 2 heterocycles. The van der Waals surface area contributed by atoms with Crippen molar-refractivity contribution in [2.75, 3.05) is 19.6 Å². The van der Waals surface area contributed by atoms with Gasteiger partial charge in [0.1, 0.15) is 0 Å². The smallest absolute Gasteiger partial charge is 0.0564 e. The van der Waals surface area contributed by atoms with E-state index in [0.717, 1.165) is 18.9 Å². The summed E-state index contributed by atoms with van der Waals surface area (Å²) in [5, 5.41) is 0. The van der Waals surface area contributed by atoms with Crippen LogP contribution in [0.15, 0.2) is 12.1 Å². The second-order valence-corrected chi connectivity index (χ2v) is 6.50. The second-order valence-electron chi connectivity index (χ2n) is 5.30. The molecule has 0 aliphatic carbocycles. The van der Waals surface area contributed by atoms with Crippen molar-refractivity contribution in [1.82, 2.24) is 4.90 Å². The number of aryl methyl sites for hydroxylation is 1. The fourth-order valence-corrected chi connectivity index (χ4v) is 3.98. The van der Waals surface area contributed by atoms with Crippen LogP contribution >= 0.6 is 11.3 Å². The fraction of sp³-hybridized carbons (Fsp3) is 0.733. The van der Waals surface area contributed by atoms with Crippen LogP contribution in [0.2, 0.25) is 0 Å². The van der Waals surface area contributed by atoms with Crippen molar-refractivity contribution in [3.8, 4) is 0 Å². The SMILES string of the molecule is CCc1ccc(C(CN)N2CCC(CC)CC2)s1. The Morgan fingerprint density at radius 2 is 2.06 bits per heavy atom. The Bertz CT molecular complexity index is 353. The maximum absolute atomic E-state index is 6.02. The standard InChI is InChI=1S/C15H26N2S/c1-3-12-7-9-17(10-8-12)14(11-16)15-6-5-13(4-2)18-15/h5-6,12,14H,3-4,7-11,16H2,1-2H3. The van der Waals surface area contributed by atoms with E-state index >= 15 is 0 Å². The van der Waals surface area contributed by atoms with Crippen LogP contribution in [-0.2, 0) is 6.42 Å². The lowest BCUT2D eigenvalue weighted by molar-refractivity contribution is 0.135. The van der Waals surface area contributed by atoms with Crippen LogP contribution in [0.4, 0.5) is 0 Å². The van der Waals surface area contributed by atoms with Gasteiger partial charge in [-0.3, -0.25) is 4.90 Å². The van der Waals surface area contributed by atoms with E-state index in [1.54, 1.807) is 0 Å². The molecule has 0 spiro atoms. The maximum Gasteiger partial charge on any atom is 0.0564 e. The molecule has 1 saturated heterocycles. The van der Waals surface area contributed by atoms with Gasteiger partial charge in [-0.1, -0.05) is 20.3 Å². The lowest BCUT2D eigenvalue weighted by Crippen LogP contribution is -2.39. The first kappa shape index (κ1) is 14.0. The van der Waals surface area contributed by atoms with Crippen molar-refractivity contribution in [1.29, 1.82) is 0 Å². The third-order valence-electron chi connectivity index (χ3n) is 4.25. The summed E-state index contributed by atoms with van der Waals surface area (Å²) in [5.74, 6) is 0.939. The molecule has 1 aromatic rings. The van der Waals surface area contributed by atoms with Crippen molar-refractivity contribution in [2.45, 2.75) is 45.6 Å². The minimum Gasteiger partial charge on any atom is -0.329 e. The van der Waals surface area contributed by atoms with Crippen LogP contribution in [0, 0.1) is 5.92 Å². The Morgan fingerprint density at radius 3 is 2.56 bits per heavy atom. The van der Waals surface area contributed by atoms with Crippen molar-refractivity contribution < 1.29 is 0 Å². The van der Waals surface area contributed by atoms with E-state index in [2.05, 4.69) is 30.9 Å². The zero-order chi connectivity index (χ0) is 13.0. The van der Waals surface area contributed by atoms with E-state index in [1.165, 1.54) is 42.1 Å². The summed E-state index contributed by atoms with van der Waals surface area (Å²) >= 11 is 1.94. The molecule has 2 rings (SSSR count). The summed E-state index contributed by atoms with van der Waals surface area (Å²) in [4.78, 5) is 5.54. The summed E-state index contributed by atoms with van der Waals surface area (Å²) in [7, 11) is 0. The number of hydrogen-bond donors (Lipinski definition) is 1. The Labute approximate surface area is 115 Å². The van der Waals surface area contributed by atoms with Gasteiger partial charge in [0, 0.05) is 16.3 Å². The zero-order valence-electron chi connectivity index (χ0n) is 11.7. The Kier molecular flexibility index (Phi) is 5.22. The first-order valence-electron chi connectivity index (χ1n) is 7.31. The molecule has 1 fully saturated rings. The third kappa shape index (κ3) is 3.14. The van der Waals surface area contributed by atoms with Crippen molar-refractivity contribution in [3.05, 3.63) is 21.9 Å². The van der Waals surface area contributed by atoms with E-state index < -0.39 is 0 Å². The number of hydrogen-bond acceptors (Lipinski definition) is 3. The fourth-order valence-electron chi connectivity index (χ4n) is 2.88. The average Bonchev–Trinajstić information content (AvgIpc) is 2.89. The van der Waals surface area contributed by atoms with Gasteiger partial charge in [0.25, 0.3) is 0 Å². The van der Waals surface area contributed by atoms with Gasteiger partial charge in [0.15, 0.2) is 0 Å². The summed E-state index contributed by atoms with van der Waals surface area (Å²) < 4.78 is 0. The molecule has 18 heavy (non-hydrogen) atoms. The first-order chi connectivity index (χ1) is 8.78. The van der Waals surface area contributed by atoms with E-state index in [9.17, 15) is 0 Å². The predicted molar refractivity (Wildman–Crippen MR) is 80.1 cm³/mol. The minimum atomic E-state index is 0.452. The molecule has 1 atom stereocenters. The Balaban J connectivity index is 2.00. The van der Waals surface area contributed by atoms with E-state index in [-0.39, 0.29) is 0 Å². The molecule has 0 amide bonds. The van der Waals surface area contributed by atoms with Crippen LogP contribution in [0.5, 0.6) is 0 Å². The number of nitrogens with two attached hydrogens (primary N) is 1. The highest BCUT2D eigenvalue weighted by atomic mass is 32.1. The molecular formula is C15H26N2S. The summed E-state index contributed by atoms with van der Waals surface area (Å²) in [6, 6.07) is 5.00. The molecular weight excluding hydrogens is 240 g/mol. The normalized spacial score (nSPS) is 20.2. The van der Waals surface area contributed by atoms with Crippen LogP contribution in [0.1, 0.15) is 48.9 Å². The third-order valence-corrected chi connectivity index (χ3v) is 5.58. The molecule has 0 bridgehead atoms. The van der Waals surface area contributed by atoms with Crippen LogP contribution in [-0.4, -0.2) is 24.5 Å². The van der Waals surface area contributed by atoms with Gasteiger partial charge in [-0.05, 0) is 50.4 Å². The molecule has 1 aliphatic heterocycles. The van der Waals surface area contributed by atoms with Crippen LogP contribution < -0.4 is 5.73 Å². The highest BCUT2D eigenvalue weighted by molar-refractivity contribution is 7.12. The molecule has 2 nitrogen and oxygen atoms in total. The average molecular weight is 266 g/mol. The number of thiophene rings is 1. The molecule has 1 aliphatic rings. The van der Waals surface area contributed by atoms with Gasteiger partial charge in [-0.25, -0.2) is 0 Å². The van der Waals surface area contributed by atoms with Crippen molar-refractivity contribution in [3.63, 3.8) is 0 Å². The highest BCUT2D eigenvalue weighted by Crippen LogP contribution is 2.31. The minimum absolute atomic E-state index is 0.452. The Hall–Kier alpha value is -0.380. The molecule has 102 valence electrons. The predicted octanol–water partition coefficient (Wildman–Crippen LogP) is 3.43. The quantitative estimate of drug-likeness (QED) is 0.884. The van der Waals surface area contributed by atoms with E-state index in [4.69, 9.17) is 5.73 Å². The zero-order valence-corrected chi connectivity index (χ0v) is 12.5. The molecule has 0 saturated carbocycles. The molecule has 1 unspecified atom stereocenters. The lowest BCUT2D eigenvalue weighted by atomic mass is 9.93. The highest BCUT2D eigenvalue weighted by Gasteiger charge is 2.25. The topological polar surface area (TPSA) is 29.3 Å². The van der Waals surface area contributed by atoms with Crippen molar-refractivity contribution in [2.24, 2.45) is 11.7 Å². The van der Waals surface area contributed by atoms with Gasteiger partial charge in [-0.2, -0.15) is 0 Å². The number of nitrogens with zero attached hydrogens (tertiary/aromatic N) is 1. The number of likely N-dealkylation sites (tertiary alicyclic amines) is 1. The largest absolute Gasteiger partial charge is 0.329 e. The van der Waals surface area contributed by atoms with Crippen molar-refractivity contribution >= 4 is 11.3 Å². The van der Waals surface area contributed by atoms with E-state index in [1.807, 2.05) is 11.3 Å². The molecule has 3 heteroatoms. The number of rotatable bonds is 5. The molecule has 1 aromatic heterocycles. The summed E-state index contributed by atoms with van der Waals surface area (Å²) in [6.07, 6.45) is 5.16. The van der Waals surface area contributed by atoms with Crippen LogP contribution in [0.3, 0.4) is 0 Å². The number of piperidine rings is 1. The molecule has 0 aromatic carbocycles. The van der Waals surface area contributed by atoms with Gasteiger partial charge < -0.3 is 5.73 Å². The molecule has 0 radical (unpaired) electrons. The second kappa shape index (κ2) is 6.69. The Morgan fingerprint density at radius 1 is 1.33 bits per heavy atom.